The minimum atomic E-state index is -5.08. The van der Waals surface area contributed by atoms with Crippen LogP contribution in [0.25, 0.3) is 0 Å². The van der Waals surface area contributed by atoms with Crippen LogP contribution in [-0.4, -0.2) is 49.7 Å². The maximum absolute atomic E-state index is 10.6. The van der Waals surface area contributed by atoms with Crippen LogP contribution in [-0.2, 0) is 14.3 Å². The molecule has 0 amide bonds. The summed E-state index contributed by atoms with van der Waals surface area (Å²) in [4.78, 5) is 8.90. The highest BCUT2D eigenvalue weighted by Crippen LogP contribution is 2.15. The molecule has 0 heterocycles. The van der Waals surface area contributed by atoms with E-state index in [9.17, 15) is 13.2 Å². The number of alkyl halides is 3. The lowest BCUT2D eigenvalue weighted by molar-refractivity contribution is -0.192. The Labute approximate surface area is 276 Å². The molecule has 272 valence electrons. The fourth-order valence-electron chi connectivity index (χ4n) is 5.34. The summed E-state index contributed by atoms with van der Waals surface area (Å²) in [5, 5.41) is 7.12. The van der Waals surface area contributed by atoms with Crippen LogP contribution in [0, 0.1) is 0 Å². The van der Waals surface area contributed by atoms with Crippen molar-refractivity contribution in [3.05, 3.63) is 0 Å². The summed E-state index contributed by atoms with van der Waals surface area (Å²) in [6.45, 7) is 7.51. The Morgan fingerprint density at radius 1 is 0.556 bits per heavy atom. The molecule has 0 spiro atoms. The van der Waals surface area contributed by atoms with E-state index in [1.54, 1.807) is 0 Å². The number of halogens is 3. The molecule has 0 aromatic carbocycles. The SMILES string of the molecule is CCCCCCCCCCCCCCCCOCC(CN)OCCCCCCCCCCCCCCCC.O=C(O)C(F)(F)F. The van der Waals surface area contributed by atoms with Crippen LogP contribution in [0.4, 0.5) is 13.2 Å². The average molecular weight is 654 g/mol. The van der Waals surface area contributed by atoms with E-state index < -0.39 is 12.1 Å². The van der Waals surface area contributed by atoms with E-state index in [1.807, 2.05) is 0 Å². The average Bonchev–Trinajstić information content (AvgIpc) is 3.01. The Hall–Kier alpha value is -0.860. The van der Waals surface area contributed by atoms with Crippen LogP contribution in [0.2, 0.25) is 0 Å². The van der Waals surface area contributed by atoms with Crippen molar-refractivity contribution in [2.24, 2.45) is 5.73 Å². The molecule has 45 heavy (non-hydrogen) atoms. The lowest BCUT2D eigenvalue weighted by Crippen LogP contribution is -2.29. The van der Waals surface area contributed by atoms with Gasteiger partial charge in [0.15, 0.2) is 0 Å². The first-order valence-electron chi connectivity index (χ1n) is 19.0. The molecule has 1 atom stereocenters. The number of ether oxygens (including phenoxy) is 2. The van der Waals surface area contributed by atoms with E-state index in [2.05, 4.69) is 13.8 Å². The van der Waals surface area contributed by atoms with Crippen molar-refractivity contribution in [1.29, 1.82) is 0 Å². The van der Waals surface area contributed by atoms with E-state index in [0.29, 0.717) is 13.2 Å². The fourth-order valence-corrected chi connectivity index (χ4v) is 5.34. The van der Waals surface area contributed by atoms with Crippen LogP contribution in [0.3, 0.4) is 0 Å². The summed E-state index contributed by atoms with van der Waals surface area (Å²) in [5.41, 5.74) is 5.89. The molecule has 0 rings (SSSR count). The molecular weight excluding hydrogens is 579 g/mol. The molecule has 8 heteroatoms. The van der Waals surface area contributed by atoms with Gasteiger partial charge in [-0.25, -0.2) is 4.79 Å². The van der Waals surface area contributed by atoms with Gasteiger partial charge < -0.3 is 20.3 Å². The first kappa shape index (κ1) is 46.3. The number of carboxylic acid groups (broad SMARTS) is 1. The van der Waals surface area contributed by atoms with E-state index in [-0.39, 0.29) is 6.10 Å². The van der Waals surface area contributed by atoms with Gasteiger partial charge in [0.25, 0.3) is 0 Å². The zero-order valence-electron chi connectivity index (χ0n) is 29.6. The number of nitrogens with two attached hydrogens (primary N) is 1. The zero-order valence-corrected chi connectivity index (χ0v) is 29.6. The second-order valence-corrected chi connectivity index (χ2v) is 12.8. The van der Waals surface area contributed by atoms with Gasteiger partial charge in [-0.05, 0) is 12.8 Å². The van der Waals surface area contributed by atoms with Gasteiger partial charge in [0.05, 0.1) is 12.7 Å². The van der Waals surface area contributed by atoms with Gasteiger partial charge in [-0.15, -0.1) is 0 Å². The molecule has 0 saturated heterocycles. The van der Waals surface area contributed by atoms with Crippen LogP contribution in [0.5, 0.6) is 0 Å². The minimum absolute atomic E-state index is 0.0728. The Kier molecular flexibility index (Phi) is 38.6. The number of hydrogen-bond donors (Lipinski definition) is 2. The molecule has 0 bridgehead atoms. The molecule has 0 aromatic rings. The number of rotatable bonds is 34. The number of unbranched alkanes of at least 4 members (excludes halogenated alkanes) is 26. The largest absolute Gasteiger partial charge is 0.490 e. The van der Waals surface area contributed by atoms with Gasteiger partial charge in [-0.3, -0.25) is 0 Å². The van der Waals surface area contributed by atoms with Crippen LogP contribution < -0.4 is 5.73 Å². The highest BCUT2D eigenvalue weighted by atomic mass is 19.4. The monoisotopic (exact) mass is 654 g/mol. The Balaban J connectivity index is 0. The fraction of sp³-hybridized carbons (Fsp3) is 0.973. The number of carbonyl (C=O) groups is 1. The molecular formula is C37H74F3NO4. The lowest BCUT2D eigenvalue weighted by atomic mass is 10.0. The Morgan fingerprint density at radius 2 is 0.822 bits per heavy atom. The molecule has 0 saturated carbocycles. The molecule has 0 aliphatic heterocycles. The third-order valence-corrected chi connectivity index (χ3v) is 8.30. The Bertz CT molecular complexity index is 578. The van der Waals surface area contributed by atoms with Gasteiger partial charge in [0.1, 0.15) is 0 Å². The molecule has 1 unspecified atom stereocenters. The van der Waals surface area contributed by atoms with E-state index in [1.165, 1.54) is 173 Å². The van der Waals surface area contributed by atoms with Gasteiger partial charge in [0, 0.05) is 19.8 Å². The normalized spacial score (nSPS) is 12.2. The van der Waals surface area contributed by atoms with Crippen molar-refractivity contribution in [3.8, 4) is 0 Å². The lowest BCUT2D eigenvalue weighted by Gasteiger charge is -2.16. The van der Waals surface area contributed by atoms with Gasteiger partial charge in [0.2, 0.25) is 0 Å². The minimum Gasteiger partial charge on any atom is -0.475 e. The van der Waals surface area contributed by atoms with Crippen molar-refractivity contribution >= 4 is 5.97 Å². The highest BCUT2D eigenvalue weighted by Gasteiger charge is 2.38. The molecule has 3 N–H and O–H groups in total. The Morgan fingerprint density at radius 3 is 1.09 bits per heavy atom. The zero-order chi connectivity index (χ0) is 33.7. The van der Waals surface area contributed by atoms with E-state index in [0.717, 1.165) is 19.6 Å². The number of aliphatic carboxylic acids is 1. The quantitative estimate of drug-likeness (QED) is 0.0675. The van der Waals surface area contributed by atoms with Crippen LogP contribution in [0.1, 0.15) is 194 Å². The van der Waals surface area contributed by atoms with Gasteiger partial charge in [-0.2, -0.15) is 13.2 Å². The predicted molar refractivity (Wildman–Crippen MR) is 184 cm³/mol. The maximum Gasteiger partial charge on any atom is 0.490 e. The number of hydrogen-bond acceptors (Lipinski definition) is 4. The van der Waals surface area contributed by atoms with Crippen molar-refractivity contribution < 1.29 is 32.5 Å². The molecule has 0 aliphatic rings. The molecule has 0 aliphatic carbocycles. The van der Waals surface area contributed by atoms with Crippen molar-refractivity contribution in [1.82, 2.24) is 0 Å². The van der Waals surface area contributed by atoms with Gasteiger partial charge in [-0.1, -0.05) is 181 Å². The van der Waals surface area contributed by atoms with Crippen LogP contribution >= 0.6 is 0 Å². The maximum atomic E-state index is 10.6. The van der Waals surface area contributed by atoms with E-state index >= 15 is 0 Å². The second-order valence-electron chi connectivity index (χ2n) is 12.8. The highest BCUT2D eigenvalue weighted by molar-refractivity contribution is 5.73. The standard InChI is InChI=1S/C35H73NO2.C2HF3O2/c1-3-5-7-9-11-13-15-17-19-21-23-25-27-29-31-37-34-35(33-36)38-32-30-28-26-24-22-20-18-16-14-12-10-8-6-4-2;3-2(4,5)1(6)7/h35H,3-34,36H2,1-2H3;(H,6,7). The van der Waals surface area contributed by atoms with Crippen molar-refractivity contribution in [2.45, 2.75) is 206 Å². The van der Waals surface area contributed by atoms with Crippen molar-refractivity contribution in [2.75, 3.05) is 26.4 Å². The molecule has 0 aromatic heterocycles. The summed E-state index contributed by atoms with van der Waals surface area (Å²) in [7, 11) is 0. The summed E-state index contributed by atoms with van der Waals surface area (Å²) in [6, 6.07) is 0. The van der Waals surface area contributed by atoms with E-state index in [4.69, 9.17) is 25.1 Å². The first-order chi connectivity index (χ1) is 21.8. The molecule has 0 radical (unpaired) electrons. The van der Waals surface area contributed by atoms with Crippen LogP contribution in [0.15, 0.2) is 0 Å². The summed E-state index contributed by atoms with van der Waals surface area (Å²) in [5.74, 6) is -2.76. The second kappa shape index (κ2) is 37.6. The third kappa shape index (κ3) is 41.1. The summed E-state index contributed by atoms with van der Waals surface area (Å²) in [6.07, 6.45) is 34.0. The number of carboxylic acids is 1. The molecule has 0 fully saturated rings. The topological polar surface area (TPSA) is 81.8 Å². The van der Waals surface area contributed by atoms with Crippen molar-refractivity contribution in [3.63, 3.8) is 0 Å². The third-order valence-electron chi connectivity index (χ3n) is 8.30. The smallest absolute Gasteiger partial charge is 0.475 e. The predicted octanol–water partition coefficient (Wildman–Crippen LogP) is 11.9. The first-order valence-corrected chi connectivity index (χ1v) is 19.0. The summed E-state index contributed by atoms with van der Waals surface area (Å²) < 4.78 is 43.6. The molecule has 5 nitrogen and oxygen atoms in total. The summed E-state index contributed by atoms with van der Waals surface area (Å²) >= 11 is 0. The van der Waals surface area contributed by atoms with Gasteiger partial charge >= 0.3 is 12.1 Å².